The SMILES string of the molecule is Cc1ccccc1[C@H](C)NS(=O)(=O)c1scnc1C(=O)O. The summed E-state index contributed by atoms with van der Waals surface area (Å²) in [4.78, 5) is 14.6. The fourth-order valence-electron chi connectivity index (χ4n) is 1.99. The summed E-state index contributed by atoms with van der Waals surface area (Å²) in [5.74, 6) is -1.36. The third-order valence-electron chi connectivity index (χ3n) is 2.97. The Balaban J connectivity index is 2.32. The zero-order chi connectivity index (χ0) is 15.6. The van der Waals surface area contributed by atoms with Crippen LogP contribution in [0.3, 0.4) is 0 Å². The average molecular weight is 326 g/mol. The molecule has 8 heteroatoms. The highest BCUT2D eigenvalue weighted by Gasteiger charge is 2.27. The van der Waals surface area contributed by atoms with Crippen molar-refractivity contribution in [2.45, 2.75) is 24.1 Å². The number of nitrogens with one attached hydrogen (secondary N) is 1. The Labute approximate surface area is 126 Å². The summed E-state index contributed by atoms with van der Waals surface area (Å²) in [5, 5.41) is 8.97. The maximum Gasteiger partial charge on any atom is 0.356 e. The van der Waals surface area contributed by atoms with Crippen LogP contribution in [-0.2, 0) is 10.0 Å². The van der Waals surface area contributed by atoms with E-state index in [1.54, 1.807) is 6.92 Å². The molecule has 0 aliphatic heterocycles. The molecule has 0 amide bonds. The first kappa shape index (κ1) is 15.6. The average Bonchev–Trinajstić information content (AvgIpc) is 2.88. The first-order chi connectivity index (χ1) is 9.83. The van der Waals surface area contributed by atoms with E-state index in [1.807, 2.05) is 31.2 Å². The molecule has 0 aliphatic carbocycles. The van der Waals surface area contributed by atoms with Gasteiger partial charge in [0, 0.05) is 6.04 Å². The molecule has 2 rings (SSSR count). The highest BCUT2D eigenvalue weighted by molar-refractivity contribution is 7.91. The van der Waals surface area contributed by atoms with Crippen molar-refractivity contribution in [3.8, 4) is 0 Å². The Morgan fingerprint density at radius 2 is 2.05 bits per heavy atom. The van der Waals surface area contributed by atoms with Crippen molar-refractivity contribution in [1.82, 2.24) is 9.71 Å². The van der Waals surface area contributed by atoms with Gasteiger partial charge < -0.3 is 5.11 Å². The summed E-state index contributed by atoms with van der Waals surface area (Å²) >= 11 is 0.784. The number of hydrogen-bond acceptors (Lipinski definition) is 5. The number of rotatable bonds is 5. The highest BCUT2D eigenvalue weighted by Crippen LogP contribution is 2.24. The van der Waals surface area contributed by atoms with E-state index in [4.69, 9.17) is 5.11 Å². The van der Waals surface area contributed by atoms with Gasteiger partial charge in [-0.2, -0.15) is 0 Å². The number of hydrogen-bond donors (Lipinski definition) is 2. The van der Waals surface area contributed by atoms with Crippen molar-refractivity contribution in [1.29, 1.82) is 0 Å². The lowest BCUT2D eigenvalue weighted by molar-refractivity contribution is 0.0687. The minimum atomic E-state index is -3.93. The van der Waals surface area contributed by atoms with Crippen LogP contribution < -0.4 is 4.72 Å². The highest BCUT2D eigenvalue weighted by atomic mass is 32.2. The van der Waals surface area contributed by atoms with E-state index in [9.17, 15) is 13.2 Å². The number of aromatic nitrogens is 1. The van der Waals surface area contributed by atoms with Gasteiger partial charge in [0.25, 0.3) is 10.0 Å². The van der Waals surface area contributed by atoms with Crippen LogP contribution in [0.2, 0.25) is 0 Å². The van der Waals surface area contributed by atoms with E-state index in [1.165, 1.54) is 5.51 Å². The standard InChI is InChI=1S/C13H14N2O4S2/c1-8-5-3-4-6-10(8)9(2)15-21(18,19)13-11(12(16)17)14-7-20-13/h3-7,9,15H,1-2H3,(H,16,17)/t9-/m0/s1. The Hall–Kier alpha value is -1.77. The number of benzene rings is 1. The molecule has 0 radical (unpaired) electrons. The van der Waals surface area contributed by atoms with Crippen LogP contribution in [0.1, 0.15) is 34.6 Å². The monoisotopic (exact) mass is 326 g/mol. The fraction of sp³-hybridized carbons (Fsp3) is 0.231. The van der Waals surface area contributed by atoms with Crippen LogP contribution in [0.25, 0.3) is 0 Å². The smallest absolute Gasteiger partial charge is 0.356 e. The van der Waals surface area contributed by atoms with Crippen molar-refractivity contribution in [3.63, 3.8) is 0 Å². The number of nitrogens with zero attached hydrogens (tertiary/aromatic N) is 1. The van der Waals surface area contributed by atoms with Crippen LogP contribution >= 0.6 is 11.3 Å². The third-order valence-corrected chi connectivity index (χ3v) is 5.88. The number of aromatic carboxylic acids is 1. The first-order valence-electron chi connectivity index (χ1n) is 6.07. The van der Waals surface area contributed by atoms with Crippen molar-refractivity contribution < 1.29 is 18.3 Å². The summed E-state index contributed by atoms with van der Waals surface area (Å²) in [6, 6.07) is 6.93. The summed E-state index contributed by atoms with van der Waals surface area (Å²) in [5.41, 5.74) is 2.54. The quantitative estimate of drug-likeness (QED) is 0.878. The summed E-state index contributed by atoms with van der Waals surface area (Å²) in [6.07, 6.45) is 0. The van der Waals surface area contributed by atoms with E-state index in [0.29, 0.717) is 0 Å². The largest absolute Gasteiger partial charge is 0.476 e. The van der Waals surface area contributed by atoms with Crippen molar-refractivity contribution in [3.05, 3.63) is 46.6 Å². The number of thiazole rings is 1. The second-order valence-electron chi connectivity index (χ2n) is 4.49. The molecule has 0 bridgehead atoms. The Morgan fingerprint density at radius 3 is 2.67 bits per heavy atom. The Kier molecular flexibility index (Phi) is 4.40. The van der Waals surface area contributed by atoms with Gasteiger partial charge in [-0.15, -0.1) is 11.3 Å². The topological polar surface area (TPSA) is 96.4 Å². The molecule has 0 saturated heterocycles. The minimum Gasteiger partial charge on any atom is -0.476 e. The van der Waals surface area contributed by atoms with E-state index in [2.05, 4.69) is 9.71 Å². The number of sulfonamides is 1. The van der Waals surface area contributed by atoms with E-state index in [0.717, 1.165) is 22.5 Å². The molecule has 1 aromatic carbocycles. The summed E-state index contributed by atoms with van der Waals surface area (Å²) in [7, 11) is -3.93. The molecular weight excluding hydrogens is 312 g/mol. The predicted octanol–water partition coefficient (Wildman–Crippen LogP) is 2.19. The van der Waals surface area contributed by atoms with Crippen molar-refractivity contribution in [2.75, 3.05) is 0 Å². The molecule has 0 saturated carbocycles. The Morgan fingerprint density at radius 1 is 1.38 bits per heavy atom. The fourth-order valence-corrected chi connectivity index (χ4v) is 4.37. The van der Waals surface area contributed by atoms with Gasteiger partial charge in [-0.1, -0.05) is 24.3 Å². The number of carboxylic acid groups (broad SMARTS) is 1. The molecule has 21 heavy (non-hydrogen) atoms. The van der Waals surface area contributed by atoms with Gasteiger partial charge in [0.2, 0.25) is 0 Å². The second-order valence-corrected chi connectivity index (χ2v) is 7.26. The molecule has 2 aromatic rings. The maximum atomic E-state index is 12.3. The molecule has 112 valence electrons. The molecule has 1 aromatic heterocycles. The lowest BCUT2D eigenvalue weighted by atomic mass is 10.0. The van der Waals surface area contributed by atoms with Gasteiger partial charge in [-0.25, -0.2) is 22.9 Å². The van der Waals surface area contributed by atoms with Gasteiger partial charge in [-0.05, 0) is 25.0 Å². The van der Waals surface area contributed by atoms with Crippen LogP contribution in [0.4, 0.5) is 0 Å². The first-order valence-corrected chi connectivity index (χ1v) is 8.44. The minimum absolute atomic E-state index is 0.282. The van der Waals surface area contributed by atoms with Gasteiger partial charge in [-0.3, -0.25) is 0 Å². The van der Waals surface area contributed by atoms with Crippen molar-refractivity contribution >= 4 is 27.3 Å². The van der Waals surface area contributed by atoms with Gasteiger partial charge in [0.1, 0.15) is 0 Å². The second kappa shape index (κ2) is 5.92. The molecule has 1 atom stereocenters. The molecule has 6 nitrogen and oxygen atoms in total. The number of carboxylic acids is 1. The molecule has 0 aliphatic rings. The number of aryl methyl sites for hydroxylation is 1. The zero-order valence-electron chi connectivity index (χ0n) is 11.4. The van der Waals surface area contributed by atoms with E-state index in [-0.39, 0.29) is 4.21 Å². The Bertz CT molecular complexity index is 768. The maximum absolute atomic E-state index is 12.3. The van der Waals surface area contributed by atoms with Gasteiger partial charge >= 0.3 is 5.97 Å². The molecule has 0 spiro atoms. The lowest BCUT2D eigenvalue weighted by Gasteiger charge is -2.16. The molecule has 2 N–H and O–H groups in total. The zero-order valence-corrected chi connectivity index (χ0v) is 13.0. The normalized spacial score (nSPS) is 13.0. The van der Waals surface area contributed by atoms with Gasteiger partial charge in [0.15, 0.2) is 9.90 Å². The van der Waals surface area contributed by atoms with E-state index < -0.39 is 27.7 Å². The molecule has 1 heterocycles. The van der Waals surface area contributed by atoms with Crippen LogP contribution in [0.15, 0.2) is 34.0 Å². The third kappa shape index (κ3) is 3.29. The molecule has 0 fully saturated rings. The molecular formula is C13H14N2O4S2. The lowest BCUT2D eigenvalue weighted by Crippen LogP contribution is -2.28. The van der Waals surface area contributed by atoms with Gasteiger partial charge in [0.05, 0.1) is 5.51 Å². The number of carbonyl (C=O) groups is 1. The van der Waals surface area contributed by atoms with Crippen LogP contribution in [0.5, 0.6) is 0 Å². The van der Waals surface area contributed by atoms with Crippen LogP contribution in [0, 0.1) is 6.92 Å². The predicted molar refractivity (Wildman–Crippen MR) is 79.0 cm³/mol. The van der Waals surface area contributed by atoms with Crippen molar-refractivity contribution in [2.24, 2.45) is 0 Å². The summed E-state index contributed by atoms with van der Waals surface area (Å²) < 4.78 is 26.8. The van der Waals surface area contributed by atoms with E-state index >= 15 is 0 Å². The van der Waals surface area contributed by atoms with Crippen LogP contribution in [-0.4, -0.2) is 24.5 Å². The summed E-state index contributed by atoms with van der Waals surface area (Å²) in [6.45, 7) is 3.59. The molecule has 0 unspecified atom stereocenters.